The van der Waals surface area contributed by atoms with E-state index >= 15 is 0 Å². The Morgan fingerprint density at radius 2 is 1.80 bits per heavy atom. The van der Waals surface area contributed by atoms with Gasteiger partial charge < -0.3 is 15.0 Å². The fourth-order valence-electron chi connectivity index (χ4n) is 4.89. The number of fused-ring (bicyclic) bond motifs is 1. The Balaban J connectivity index is 1.58. The van der Waals surface area contributed by atoms with Gasteiger partial charge in [0.25, 0.3) is 0 Å². The van der Waals surface area contributed by atoms with Gasteiger partial charge in [-0.25, -0.2) is 14.8 Å². The molecule has 0 radical (unpaired) electrons. The minimum atomic E-state index is -0.472. The number of nitrogens with zero attached hydrogens (tertiary/aromatic N) is 3. The van der Waals surface area contributed by atoms with E-state index in [0.717, 1.165) is 35.4 Å². The fourth-order valence-corrected chi connectivity index (χ4v) is 4.89. The van der Waals surface area contributed by atoms with Crippen LogP contribution in [-0.4, -0.2) is 39.7 Å². The first kappa shape index (κ1) is 25.0. The molecule has 1 aromatic heterocycles. The first-order valence-electron chi connectivity index (χ1n) is 12.6. The van der Waals surface area contributed by atoms with Crippen LogP contribution in [-0.2, 0) is 4.74 Å². The third-order valence-corrected chi connectivity index (χ3v) is 6.68. The van der Waals surface area contributed by atoms with E-state index in [0.29, 0.717) is 19.0 Å². The van der Waals surface area contributed by atoms with Crippen LogP contribution in [0, 0.1) is 20.8 Å². The zero-order valence-corrected chi connectivity index (χ0v) is 22.1. The molecule has 0 unspecified atom stereocenters. The number of piperidine rings is 1. The minimum Gasteiger partial charge on any atom is -0.444 e. The summed E-state index contributed by atoms with van der Waals surface area (Å²) >= 11 is 0. The van der Waals surface area contributed by atoms with Crippen LogP contribution in [0.4, 0.5) is 10.6 Å². The molecule has 1 saturated heterocycles. The van der Waals surface area contributed by atoms with E-state index in [9.17, 15) is 4.79 Å². The first-order chi connectivity index (χ1) is 16.5. The van der Waals surface area contributed by atoms with Crippen molar-refractivity contribution in [2.45, 2.75) is 78.9 Å². The third-order valence-electron chi connectivity index (χ3n) is 6.68. The van der Waals surface area contributed by atoms with Crippen molar-refractivity contribution in [3.8, 4) is 0 Å². The number of aryl methyl sites for hydroxylation is 3. The Hall–Kier alpha value is -3.15. The van der Waals surface area contributed by atoms with Gasteiger partial charge in [0, 0.05) is 24.5 Å². The van der Waals surface area contributed by atoms with Crippen LogP contribution in [0.15, 0.2) is 36.4 Å². The lowest BCUT2D eigenvalue weighted by Crippen LogP contribution is -2.41. The average molecular weight is 475 g/mol. The van der Waals surface area contributed by atoms with Crippen molar-refractivity contribution in [2.75, 3.05) is 18.4 Å². The van der Waals surface area contributed by atoms with E-state index in [1.807, 2.05) is 32.6 Å². The Kier molecular flexibility index (Phi) is 7.02. The Bertz CT molecular complexity index is 1220. The van der Waals surface area contributed by atoms with E-state index in [1.54, 1.807) is 0 Å². The van der Waals surface area contributed by atoms with Crippen molar-refractivity contribution < 1.29 is 9.53 Å². The van der Waals surface area contributed by atoms with Crippen molar-refractivity contribution in [2.24, 2.45) is 0 Å². The minimum absolute atomic E-state index is 0.120. The Morgan fingerprint density at radius 1 is 1.09 bits per heavy atom. The number of ether oxygens (including phenoxy) is 1. The molecule has 0 spiro atoms. The van der Waals surface area contributed by atoms with Gasteiger partial charge >= 0.3 is 6.09 Å². The number of aromatic nitrogens is 2. The lowest BCUT2D eigenvalue weighted by molar-refractivity contribution is 0.0205. The Morgan fingerprint density at radius 3 is 2.46 bits per heavy atom. The number of benzene rings is 2. The molecule has 1 N–H and O–H groups in total. The highest BCUT2D eigenvalue weighted by Crippen LogP contribution is 2.35. The second-order valence-electron chi connectivity index (χ2n) is 10.9. The predicted molar refractivity (Wildman–Crippen MR) is 142 cm³/mol. The van der Waals surface area contributed by atoms with Gasteiger partial charge in [0.2, 0.25) is 0 Å². The highest BCUT2D eigenvalue weighted by atomic mass is 16.6. The molecule has 4 rings (SSSR count). The highest BCUT2D eigenvalue weighted by Gasteiger charge is 2.28. The smallest absolute Gasteiger partial charge is 0.410 e. The molecule has 186 valence electrons. The van der Waals surface area contributed by atoms with Gasteiger partial charge in [-0.15, -0.1) is 0 Å². The van der Waals surface area contributed by atoms with Crippen LogP contribution in [0.5, 0.6) is 0 Å². The lowest BCUT2D eigenvalue weighted by atomic mass is 9.86. The van der Waals surface area contributed by atoms with Gasteiger partial charge in [0.05, 0.1) is 5.52 Å². The van der Waals surface area contributed by atoms with Gasteiger partial charge in [-0.05, 0) is 96.0 Å². The van der Waals surface area contributed by atoms with Crippen molar-refractivity contribution >= 4 is 22.8 Å². The molecule has 0 bridgehead atoms. The van der Waals surface area contributed by atoms with E-state index < -0.39 is 5.60 Å². The third kappa shape index (κ3) is 5.92. The van der Waals surface area contributed by atoms with Gasteiger partial charge in [-0.2, -0.15) is 0 Å². The number of nitrogens with one attached hydrogen (secondary N) is 1. The number of anilines is 1. The summed E-state index contributed by atoms with van der Waals surface area (Å²) in [6.07, 6.45) is 1.62. The highest BCUT2D eigenvalue weighted by molar-refractivity contribution is 5.90. The number of rotatable bonds is 4. The molecule has 1 atom stereocenters. The summed E-state index contributed by atoms with van der Waals surface area (Å²) in [7, 11) is 0. The number of amides is 1. The molecule has 6 nitrogen and oxygen atoms in total. The second-order valence-corrected chi connectivity index (χ2v) is 10.9. The van der Waals surface area contributed by atoms with Gasteiger partial charge in [-0.1, -0.05) is 29.8 Å². The van der Waals surface area contributed by atoms with E-state index in [1.165, 1.54) is 22.3 Å². The molecule has 6 heteroatoms. The van der Waals surface area contributed by atoms with E-state index in [2.05, 4.69) is 62.5 Å². The average Bonchev–Trinajstić information content (AvgIpc) is 2.77. The summed E-state index contributed by atoms with van der Waals surface area (Å²) in [5.41, 5.74) is 5.53. The van der Waals surface area contributed by atoms with Crippen LogP contribution >= 0.6 is 0 Å². The quantitative estimate of drug-likeness (QED) is 0.448. The largest absolute Gasteiger partial charge is 0.444 e. The maximum atomic E-state index is 12.5. The van der Waals surface area contributed by atoms with Crippen LogP contribution in [0.1, 0.15) is 80.6 Å². The van der Waals surface area contributed by atoms with Crippen molar-refractivity contribution in [3.05, 3.63) is 64.5 Å². The molecule has 0 aliphatic carbocycles. The van der Waals surface area contributed by atoms with Gasteiger partial charge in [-0.3, -0.25) is 0 Å². The molecule has 3 aromatic rings. The number of carbonyl (C=O) groups excluding carboxylic acids is 1. The SMILES string of the molecule is Cc1cccc([C@@H](C)Nc2nc(C)nc3cc(C)c(C4CCN(C(=O)OC(C)(C)C)CC4)cc23)c1. The van der Waals surface area contributed by atoms with Gasteiger partial charge in [0.1, 0.15) is 17.2 Å². The lowest BCUT2D eigenvalue weighted by Gasteiger charge is -2.34. The fraction of sp³-hybridized carbons (Fsp3) is 0.483. The molecule has 1 amide bonds. The maximum Gasteiger partial charge on any atom is 0.410 e. The zero-order chi connectivity index (χ0) is 25.3. The summed E-state index contributed by atoms with van der Waals surface area (Å²) < 4.78 is 5.57. The van der Waals surface area contributed by atoms with Crippen molar-refractivity contribution in [1.29, 1.82) is 0 Å². The van der Waals surface area contributed by atoms with Crippen molar-refractivity contribution in [1.82, 2.24) is 14.9 Å². The first-order valence-corrected chi connectivity index (χ1v) is 12.6. The Labute approximate surface area is 209 Å². The molecule has 1 aliphatic heterocycles. The second kappa shape index (κ2) is 9.84. The van der Waals surface area contributed by atoms with Crippen molar-refractivity contribution in [3.63, 3.8) is 0 Å². The summed E-state index contributed by atoms with van der Waals surface area (Å²) in [6, 6.07) is 13.1. The molecule has 1 fully saturated rings. The zero-order valence-electron chi connectivity index (χ0n) is 22.1. The molecular weight excluding hydrogens is 436 g/mol. The topological polar surface area (TPSA) is 67.4 Å². The molecular formula is C29H38N4O2. The molecule has 2 aromatic carbocycles. The summed E-state index contributed by atoms with van der Waals surface area (Å²) in [5.74, 6) is 2.02. The summed E-state index contributed by atoms with van der Waals surface area (Å²) in [5, 5.41) is 4.69. The molecule has 1 aliphatic rings. The van der Waals surface area contributed by atoms with Crippen LogP contribution in [0.25, 0.3) is 10.9 Å². The maximum absolute atomic E-state index is 12.5. The summed E-state index contributed by atoms with van der Waals surface area (Å²) in [4.78, 5) is 23.8. The summed E-state index contributed by atoms with van der Waals surface area (Å²) in [6.45, 7) is 15.5. The van der Waals surface area contributed by atoms with Crippen LogP contribution in [0.3, 0.4) is 0 Å². The normalized spacial score (nSPS) is 15.8. The number of hydrogen-bond acceptors (Lipinski definition) is 5. The molecule has 0 saturated carbocycles. The van der Waals surface area contributed by atoms with Crippen LogP contribution < -0.4 is 5.32 Å². The predicted octanol–water partition coefficient (Wildman–Crippen LogP) is 6.84. The molecule has 35 heavy (non-hydrogen) atoms. The number of carbonyl (C=O) groups is 1. The standard InChI is InChI=1S/C29H38N4O2/c1-18-9-8-10-23(15-18)20(3)30-27-25-17-24(19(2)16-26(25)31-21(4)32-27)22-11-13-33(14-12-22)28(34)35-29(5,6)7/h8-10,15-17,20,22H,11-14H2,1-7H3,(H,30,31,32)/t20-/m1/s1. The number of likely N-dealkylation sites (tertiary alicyclic amines) is 1. The van der Waals surface area contributed by atoms with Gasteiger partial charge in [0.15, 0.2) is 0 Å². The van der Waals surface area contributed by atoms with E-state index in [-0.39, 0.29) is 12.1 Å². The van der Waals surface area contributed by atoms with Crippen LogP contribution in [0.2, 0.25) is 0 Å². The monoisotopic (exact) mass is 474 g/mol. The van der Waals surface area contributed by atoms with E-state index in [4.69, 9.17) is 14.7 Å². The number of hydrogen-bond donors (Lipinski definition) is 1. The molecule has 2 heterocycles.